The quantitative estimate of drug-likeness (QED) is 0.596. The van der Waals surface area contributed by atoms with Crippen LogP contribution < -0.4 is 10.6 Å². The van der Waals surface area contributed by atoms with Crippen LogP contribution in [-0.4, -0.2) is 35.4 Å². The van der Waals surface area contributed by atoms with E-state index in [1.165, 1.54) is 17.8 Å². The maximum Gasteiger partial charge on any atom is 0.357 e. The Balaban J connectivity index is 1.25. The van der Waals surface area contributed by atoms with Crippen LogP contribution >= 0.6 is 11.3 Å². The van der Waals surface area contributed by atoms with Crippen LogP contribution in [0.3, 0.4) is 0 Å². The molecule has 5 rings (SSSR count). The number of carbonyl (C=O) groups is 3. The second-order valence-corrected chi connectivity index (χ2v) is 11.9. The van der Waals surface area contributed by atoms with E-state index in [2.05, 4.69) is 35.5 Å². The van der Waals surface area contributed by atoms with Gasteiger partial charge in [-0.15, -0.1) is 11.3 Å². The number of nitrogens with zero attached hydrogens (tertiary/aromatic N) is 1. The molecule has 1 aromatic heterocycles. The Hall–Kier alpha value is -2.22. The molecule has 3 saturated carbocycles. The van der Waals surface area contributed by atoms with Crippen molar-refractivity contribution in [3.63, 3.8) is 0 Å². The molecule has 1 aromatic rings. The number of esters is 1. The minimum absolute atomic E-state index is 0.0210. The standard InChI is InChI=1S/C26H35N3O4S/c1-4-33-23(32)19-14-34-24(27-19)29-22(31)13-15-5-7-17-16-6-8-20-26(3,12-10-21(30)28-20)18(16)9-11-25(15,17)2/h10,12,14-18,20H,4-9,11,13H2,1-3H3,(H,28,30)(H,27,29,31)/t15-,16?,17?,18?,20-,25-,26-/m1/s1. The second-order valence-electron chi connectivity index (χ2n) is 11.0. The lowest BCUT2D eigenvalue weighted by Crippen LogP contribution is -2.59. The SMILES string of the molecule is CCOC(=O)c1csc(NC(=O)C[C@H]2CCC3C4CC[C@H]5NC(=O)C=C[C@]5(C)C4CC[C@@]32C)n1. The largest absolute Gasteiger partial charge is 0.461 e. The van der Waals surface area contributed by atoms with E-state index < -0.39 is 5.97 Å². The number of ether oxygens (including phenoxy) is 1. The molecule has 8 heteroatoms. The number of fused-ring (bicyclic) bond motifs is 5. The van der Waals surface area contributed by atoms with Crippen LogP contribution in [0.5, 0.6) is 0 Å². The van der Waals surface area contributed by atoms with Crippen molar-refractivity contribution < 1.29 is 19.1 Å². The van der Waals surface area contributed by atoms with E-state index in [0.717, 1.165) is 32.1 Å². The predicted molar refractivity (Wildman–Crippen MR) is 130 cm³/mol. The summed E-state index contributed by atoms with van der Waals surface area (Å²) in [6.45, 7) is 6.80. The van der Waals surface area contributed by atoms with E-state index in [1.54, 1.807) is 18.4 Å². The van der Waals surface area contributed by atoms with Gasteiger partial charge in [-0.1, -0.05) is 19.9 Å². The first kappa shape index (κ1) is 23.5. The molecule has 184 valence electrons. The highest BCUT2D eigenvalue weighted by atomic mass is 32.1. The number of thiazole rings is 1. The first-order valence-electron chi connectivity index (χ1n) is 12.7. The zero-order valence-corrected chi connectivity index (χ0v) is 21.1. The molecule has 3 aliphatic carbocycles. The molecule has 3 unspecified atom stereocenters. The molecule has 2 N–H and O–H groups in total. The summed E-state index contributed by atoms with van der Waals surface area (Å²) in [5.41, 5.74) is 0.447. The predicted octanol–water partition coefficient (Wildman–Crippen LogP) is 4.56. The van der Waals surface area contributed by atoms with E-state index in [4.69, 9.17) is 4.74 Å². The smallest absolute Gasteiger partial charge is 0.357 e. The van der Waals surface area contributed by atoms with Gasteiger partial charge in [-0.2, -0.15) is 0 Å². The summed E-state index contributed by atoms with van der Waals surface area (Å²) in [4.78, 5) is 40.9. The van der Waals surface area contributed by atoms with Crippen LogP contribution in [0.25, 0.3) is 0 Å². The average Bonchev–Trinajstić information content (AvgIpc) is 3.39. The van der Waals surface area contributed by atoms with Crippen LogP contribution in [0.15, 0.2) is 17.5 Å². The molecule has 1 aliphatic heterocycles. The third kappa shape index (κ3) is 3.88. The molecular weight excluding hydrogens is 450 g/mol. The number of carbonyl (C=O) groups excluding carboxylic acids is 3. The molecule has 2 amide bonds. The maximum atomic E-state index is 12.9. The molecular formula is C26H35N3O4S. The lowest BCUT2D eigenvalue weighted by Gasteiger charge is -2.59. The molecule has 0 radical (unpaired) electrons. The third-order valence-electron chi connectivity index (χ3n) is 9.55. The lowest BCUT2D eigenvalue weighted by atomic mass is 9.48. The van der Waals surface area contributed by atoms with Crippen molar-refractivity contribution in [2.45, 2.75) is 71.8 Å². The molecule has 0 aromatic carbocycles. The van der Waals surface area contributed by atoms with E-state index in [0.29, 0.717) is 41.8 Å². The summed E-state index contributed by atoms with van der Waals surface area (Å²) < 4.78 is 4.98. The molecule has 34 heavy (non-hydrogen) atoms. The van der Waals surface area contributed by atoms with Gasteiger partial charge in [0.05, 0.1) is 6.61 Å². The fraction of sp³-hybridized carbons (Fsp3) is 0.692. The van der Waals surface area contributed by atoms with Crippen molar-refractivity contribution in [2.75, 3.05) is 11.9 Å². The second kappa shape index (κ2) is 8.77. The average molecular weight is 486 g/mol. The van der Waals surface area contributed by atoms with Crippen molar-refractivity contribution >= 4 is 34.3 Å². The Labute approximate surface area is 205 Å². The molecule has 0 bridgehead atoms. The number of aromatic nitrogens is 1. The normalized spacial score (nSPS) is 38.3. The number of rotatable bonds is 5. The molecule has 4 aliphatic rings. The summed E-state index contributed by atoms with van der Waals surface area (Å²) in [6.07, 6.45) is 11.2. The Morgan fingerprint density at radius 1 is 1.21 bits per heavy atom. The van der Waals surface area contributed by atoms with E-state index in [-0.39, 0.29) is 34.4 Å². The Morgan fingerprint density at radius 2 is 2.03 bits per heavy atom. The van der Waals surface area contributed by atoms with Gasteiger partial charge < -0.3 is 15.4 Å². The van der Waals surface area contributed by atoms with Gasteiger partial charge in [0.15, 0.2) is 10.8 Å². The van der Waals surface area contributed by atoms with Crippen LogP contribution in [0.2, 0.25) is 0 Å². The van der Waals surface area contributed by atoms with Gasteiger partial charge in [-0.3, -0.25) is 9.59 Å². The van der Waals surface area contributed by atoms with Gasteiger partial charge in [0.2, 0.25) is 11.8 Å². The Kier molecular flexibility index (Phi) is 6.07. The minimum atomic E-state index is -0.460. The van der Waals surface area contributed by atoms with E-state index in [9.17, 15) is 14.4 Å². The summed E-state index contributed by atoms with van der Waals surface area (Å²) >= 11 is 1.26. The fourth-order valence-electron chi connectivity index (χ4n) is 7.80. The van der Waals surface area contributed by atoms with Gasteiger partial charge >= 0.3 is 5.97 Å². The van der Waals surface area contributed by atoms with Crippen LogP contribution in [0.1, 0.15) is 76.2 Å². The minimum Gasteiger partial charge on any atom is -0.461 e. The lowest BCUT2D eigenvalue weighted by molar-refractivity contribution is -0.123. The zero-order valence-electron chi connectivity index (χ0n) is 20.3. The highest BCUT2D eigenvalue weighted by Gasteiger charge is 2.59. The highest BCUT2D eigenvalue weighted by Crippen LogP contribution is 2.65. The molecule has 2 heterocycles. The Morgan fingerprint density at radius 3 is 2.82 bits per heavy atom. The van der Waals surface area contributed by atoms with Gasteiger partial charge in [0.1, 0.15) is 0 Å². The van der Waals surface area contributed by atoms with Crippen LogP contribution in [0, 0.1) is 34.5 Å². The number of amides is 2. The van der Waals surface area contributed by atoms with E-state index >= 15 is 0 Å². The van der Waals surface area contributed by atoms with Crippen molar-refractivity contribution in [2.24, 2.45) is 34.5 Å². The van der Waals surface area contributed by atoms with Gasteiger partial charge in [0.25, 0.3) is 0 Å². The van der Waals surface area contributed by atoms with E-state index in [1.807, 2.05) is 0 Å². The molecule has 7 atom stereocenters. The van der Waals surface area contributed by atoms with Crippen molar-refractivity contribution in [1.29, 1.82) is 0 Å². The maximum absolute atomic E-state index is 12.9. The first-order chi connectivity index (χ1) is 16.2. The third-order valence-corrected chi connectivity index (χ3v) is 10.3. The van der Waals surface area contributed by atoms with Crippen molar-refractivity contribution in [3.05, 3.63) is 23.2 Å². The summed E-state index contributed by atoms with van der Waals surface area (Å²) in [7, 11) is 0. The monoisotopic (exact) mass is 485 g/mol. The number of hydrogen-bond donors (Lipinski definition) is 2. The van der Waals surface area contributed by atoms with Crippen LogP contribution in [-0.2, 0) is 14.3 Å². The number of anilines is 1. The topological polar surface area (TPSA) is 97.4 Å². The fourth-order valence-corrected chi connectivity index (χ4v) is 8.50. The summed E-state index contributed by atoms with van der Waals surface area (Å²) in [6, 6.07) is 0.247. The van der Waals surface area contributed by atoms with Crippen LogP contribution in [0.4, 0.5) is 5.13 Å². The first-order valence-corrected chi connectivity index (χ1v) is 13.5. The van der Waals surface area contributed by atoms with Gasteiger partial charge in [-0.05, 0) is 80.6 Å². The Bertz CT molecular complexity index is 1020. The zero-order chi connectivity index (χ0) is 24.1. The summed E-state index contributed by atoms with van der Waals surface area (Å²) in [5, 5.41) is 8.21. The molecule has 3 fully saturated rings. The van der Waals surface area contributed by atoms with Gasteiger partial charge in [0, 0.05) is 23.3 Å². The highest BCUT2D eigenvalue weighted by molar-refractivity contribution is 7.14. The summed E-state index contributed by atoms with van der Waals surface area (Å²) in [5.74, 6) is 1.79. The van der Waals surface area contributed by atoms with Gasteiger partial charge in [-0.25, -0.2) is 9.78 Å². The molecule has 0 spiro atoms. The molecule has 0 saturated heterocycles. The number of hydrogen-bond acceptors (Lipinski definition) is 6. The molecule has 7 nitrogen and oxygen atoms in total. The van der Waals surface area contributed by atoms with Crippen molar-refractivity contribution in [1.82, 2.24) is 10.3 Å². The number of nitrogens with one attached hydrogen (secondary N) is 2. The van der Waals surface area contributed by atoms with Crippen molar-refractivity contribution in [3.8, 4) is 0 Å².